The number of amides is 3. The van der Waals surface area contributed by atoms with Gasteiger partial charge in [0, 0.05) is 39.3 Å². The van der Waals surface area contributed by atoms with Crippen molar-refractivity contribution in [3.63, 3.8) is 0 Å². The zero-order valence-electron chi connectivity index (χ0n) is 19.0. The first-order valence-corrected chi connectivity index (χ1v) is 11.5. The monoisotopic (exact) mass is 429 g/mol. The highest BCUT2D eigenvalue weighted by molar-refractivity contribution is 5.78. The summed E-state index contributed by atoms with van der Waals surface area (Å²) >= 11 is 0. The standard InChI is InChI=1S/C24H35N3O4/c1-17-5-4-6-21(13-17)30-16-23(28)26-11-9-20(10-12-26)31-22-14-18-7-8-19(15-22)27(18)24(29)25(2)3/h4-6,13,18-20,22H,7-12,14-16H2,1-3H3/t18-,19+,22?. The van der Waals surface area contributed by atoms with Gasteiger partial charge >= 0.3 is 6.03 Å². The fourth-order valence-electron chi connectivity index (χ4n) is 5.24. The maximum atomic E-state index is 12.5. The van der Waals surface area contributed by atoms with E-state index in [1.165, 1.54) is 0 Å². The maximum Gasteiger partial charge on any atom is 0.319 e. The van der Waals surface area contributed by atoms with E-state index in [4.69, 9.17) is 9.47 Å². The zero-order chi connectivity index (χ0) is 22.0. The smallest absolute Gasteiger partial charge is 0.319 e. The van der Waals surface area contributed by atoms with Gasteiger partial charge in [-0.1, -0.05) is 12.1 Å². The number of urea groups is 1. The number of carbonyl (C=O) groups is 2. The summed E-state index contributed by atoms with van der Waals surface area (Å²) in [6.45, 7) is 3.52. The molecule has 7 nitrogen and oxygen atoms in total. The lowest BCUT2D eigenvalue weighted by molar-refractivity contribution is -0.137. The predicted molar refractivity (Wildman–Crippen MR) is 118 cm³/mol. The zero-order valence-corrected chi connectivity index (χ0v) is 19.0. The van der Waals surface area contributed by atoms with Crippen LogP contribution >= 0.6 is 0 Å². The minimum atomic E-state index is 0.0357. The Balaban J connectivity index is 1.20. The minimum absolute atomic E-state index is 0.0357. The first kappa shape index (κ1) is 21.9. The average Bonchev–Trinajstić information content (AvgIpc) is 3.02. The Morgan fingerprint density at radius 3 is 2.32 bits per heavy atom. The van der Waals surface area contributed by atoms with E-state index in [0.29, 0.717) is 25.2 Å². The molecule has 3 aliphatic rings. The van der Waals surface area contributed by atoms with Crippen LogP contribution in [0.2, 0.25) is 0 Å². The van der Waals surface area contributed by atoms with Crippen molar-refractivity contribution in [1.29, 1.82) is 0 Å². The van der Waals surface area contributed by atoms with Crippen LogP contribution in [0.3, 0.4) is 0 Å². The van der Waals surface area contributed by atoms with Crippen molar-refractivity contribution in [2.24, 2.45) is 0 Å². The van der Waals surface area contributed by atoms with Crippen LogP contribution in [0.15, 0.2) is 24.3 Å². The second kappa shape index (κ2) is 9.47. The second-order valence-electron chi connectivity index (χ2n) is 9.38. The summed E-state index contributed by atoms with van der Waals surface area (Å²) in [5.74, 6) is 0.772. The molecule has 0 aliphatic carbocycles. The summed E-state index contributed by atoms with van der Waals surface area (Å²) in [4.78, 5) is 30.6. The average molecular weight is 430 g/mol. The predicted octanol–water partition coefficient (Wildman–Crippen LogP) is 3.06. The van der Waals surface area contributed by atoms with Crippen LogP contribution in [-0.4, -0.2) is 84.7 Å². The number of benzene rings is 1. The Morgan fingerprint density at radius 2 is 1.71 bits per heavy atom. The summed E-state index contributed by atoms with van der Waals surface area (Å²) in [7, 11) is 3.65. The fourth-order valence-corrected chi connectivity index (χ4v) is 5.24. The van der Waals surface area contributed by atoms with E-state index in [2.05, 4.69) is 4.90 Å². The van der Waals surface area contributed by atoms with Crippen molar-refractivity contribution in [2.75, 3.05) is 33.8 Å². The Kier molecular flexibility index (Phi) is 6.70. The van der Waals surface area contributed by atoms with E-state index in [1.54, 1.807) is 4.90 Å². The van der Waals surface area contributed by atoms with Crippen molar-refractivity contribution < 1.29 is 19.1 Å². The molecule has 3 saturated heterocycles. The number of likely N-dealkylation sites (tertiary alicyclic amines) is 1. The van der Waals surface area contributed by atoms with Crippen molar-refractivity contribution in [3.05, 3.63) is 29.8 Å². The van der Waals surface area contributed by atoms with Crippen molar-refractivity contribution in [2.45, 2.75) is 69.7 Å². The highest BCUT2D eigenvalue weighted by Gasteiger charge is 2.44. The van der Waals surface area contributed by atoms with Gasteiger partial charge in [0.2, 0.25) is 0 Å². The quantitative estimate of drug-likeness (QED) is 0.722. The number of fused-ring (bicyclic) bond motifs is 2. The van der Waals surface area contributed by atoms with E-state index in [0.717, 1.165) is 49.8 Å². The summed E-state index contributed by atoms with van der Waals surface area (Å²) in [5, 5.41) is 0. The molecule has 0 saturated carbocycles. The first-order valence-electron chi connectivity index (χ1n) is 11.5. The molecule has 3 atom stereocenters. The van der Waals surface area contributed by atoms with Crippen molar-refractivity contribution in [3.8, 4) is 5.75 Å². The Morgan fingerprint density at radius 1 is 1.03 bits per heavy atom. The molecule has 1 aromatic rings. The first-order chi connectivity index (χ1) is 14.9. The summed E-state index contributed by atoms with van der Waals surface area (Å²) < 4.78 is 12.1. The number of carbonyl (C=O) groups excluding carboxylic acids is 2. The van der Waals surface area contributed by atoms with E-state index in [1.807, 2.05) is 50.2 Å². The fraction of sp³-hybridized carbons (Fsp3) is 0.667. The SMILES string of the molecule is Cc1cccc(OCC(=O)N2CCC(OC3C[C@H]4CC[C@@H](C3)N4C(=O)N(C)C)CC2)c1. The minimum Gasteiger partial charge on any atom is -0.484 e. The molecule has 3 amide bonds. The van der Waals surface area contributed by atoms with Gasteiger partial charge in [0.05, 0.1) is 12.2 Å². The van der Waals surface area contributed by atoms with Crippen LogP contribution in [0.25, 0.3) is 0 Å². The highest BCUT2D eigenvalue weighted by Crippen LogP contribution is 2.38. The van der Waals surface area contributed by atoms with Gasteiger partial charge in [0.15, 0.2) is 6.61 Å². The van der Waals surface area contributed by atoms with Crippen LogP contribution in [0.5, 0.6) is 5.75 Å². The molecule has 2 bridgehead atoms. The molecule has 0 aromatic heterocycles. The van der Waals surface area contributed by atoms with Gasteiger partial charge < -0.3 is 24.2 Å². The van der Waals surface area contributed by atoms with Crippen LogP contribution < -0.4 is 4.74 Å². The third kappa shape index (κ3) is 5.14. The molecule has 0 spiro atoms. The van der Waals surface area contributed by atoms with Crippen molar-refractivity contribution >= 4 is 11.9 Å². The normalized spacial score (nSPS) is 26.1. The lowest BCUT2D eigenvalue weighted by Gasteiger charge is -2.42. The second-order valence-corrected chi connectivity index (χ2v) is 9.38. The van der Waals surface area contributed by atoms with Crippen LogP contribution in [0.4, 0.5) is 4.79 Å². The number of nitrogens with zero attached hydrogens (tertiary/aromatic N) is 3. The molecular formula is C24H35N3O4. The molecule has 3 aliphatic heterocycles. The Hall–Kier alpha value is -2.28. The Bertz CT molecular complexity index is 777. The van der Waals surface area contributed by atoms with Gasteiger partial charge in [-0.2, -0.15) is 0 Å². The van der Waals surface area contributed by atoms with E-state index >= 15 is 0 Å². The largest absolute Gasteiger partial charge is 0.484 e. The molecule has 3 fully saturated rings. The van der Waals surface area contributed by atoms with Gasteiger partial charge in [-0.15, -0.1) is 0 Å². The van der Waals surface area contributed by atoms with E-state index in [9.17, 15) is 9.59 Å². The lowest BCUT2D eigenvalue weighted by Crippen LogP contribution is -2.52. The molecule has 3 heterocycles. The summed E-state index contributed by atoms with van der Waals surface area (Å²) in [5.41, 5.74) is 1.12. The van der Waals surface area contributed by atoms with Gasteiger partial charge in [0.25, 0.3) is 5.91 Å². The van der Waals surface area contributed by atoms with Gasteiger partial charge in [-0.05, 0) is 63.1 Å². The van der Waals surface area contributed by atoms with Crippen LogP contribution in [0.1, 0.15) is 44.1 Å². The molecule has 31 heavy (non-hydrogen) atoms. The van der Waals surface area contributed by atoms with Crippen LogP contribution in [0, 0.1) is 6.92 Å². The lowest BCUT2D eigenvalue weighted by atomic mass is 9.99. The Labute approximate surface area is 185 Å². The van der Waals surface area contributed by atoms with Gasteiger partial charge in [0.1, 0.15) is 5.75 Å². The number of hydrogen-bond donors (Lipinski definition) is 0. The third-order valence-corrected chi connectivity index (χ3v) is 6.82. The molecule has 7 heteroatoms. The molecule has 0 N–H and O–H groups in total. The number of hydrogen-bond acceptors (Lipinski definition) is 4. The van der Waals surface area contributed by atoms with E-state index < -0.39 is 0 Å². The summed E-state index contributed by atoms with van der Waals surface area (Å²) in [6, 6.07) is 8.51. The highest BCUT2D eigenvalue weighted by atomic mass is 16.5. The number of ether oxygens (including phenoxy) is 2. The van der Waals surface area contributed by atoms with E-state index in [-0.39, 0.29) is 30.8 Å². The molecular weight excluding hydrogens is 394 g/mol. The maximum absolute atomic E-state index is 12.5. The molecule has 4 rings (SSSR count). The topological polar surface area (TPSA) is 62.3 Å². The number of rotatable bonds is 5. The van der Waals surface area contributed by atoms with Crippen LogP contribution in [-0.2, 0) is 9.53 Å². The number of piperidine rings is 2. The molecule has 1 unspecified atom stereocenters. The summed E-state index contributed by atoms with van der Waals surface area (Å²) in [6.07, 6.45) is 6.17. The molecule has 170 valence electrons. The van der Waals surface area contributed by atoms with Gasteiger partial charge in [-0.25, -0.2) is 4.79 Å². The van der Waals surface area contributed by atoms with Gasteiger partial charge in [-0.3, -0.25) is 4.79 Å². The molecule has 0 radical (unpaired) electrons. The molecule has 1 aromatic carbocycles. The third-order valence-electron chi connectivity index (χ3n) is 6.82. The van der Waals surface area contributed by atoms with Crippen molar-refractivity contribution in [1.82, 2.24) is 14.7 Å². The number of aryl methyl sites for hydroxylation is 1.